The number of benzene rings is 1. The van der Waals surface area contributed by atoms with Crippen LogP contribution < -0.4 is 10.1 Å². The minimum absolute atomic E-state index is 0.0987. The number of hydrogen-bond acceptors (Lipinski definition) is 3. The Morgan fingerprint density at radius 2 is 2.31 bits per heavy atom. The first-order chi connectivity index (χ1) is 7.79. The van der Waals surface area contributed by atoms with Crippen LogP contribution in [0, 0.1) is 0 Å². The smallest absolute Gasteiger partial charge is 0.176 e. The van der Waals surface area contributed by atoms with E-state index in [9.17, 15) is 4.79 Å². The Kier molecular flexibility index (Phi) is 3.57. The zero-order valence-corrected chi connectivity index (χ0v) is 9.53. The molecule has 0 aromatic heterocycles. The van der Waals surface area contributed by atoms with E-state index in [1.165, 1.54) is 6.42 Å². The van der Waals surface area contributed by atoms with Crippen LogP contribution in [0.25, 0.3) is 0 Å². The molecule has 3 nitrogen and oxygen atoms in total. The quantitative estimate of drug-likeness (QED) is 0.770. The minimum atomic E-state index is 0.0987. The molecule has 0 amide bonds. The van der Waals surface area contributed by atoms with Gasteiger partial charge in [-0.1, -0.05) is 12.1 Å². The van der Waals surface area contributed by atoms with Crippen LogP contribution >= 0.6 is 0 Å². The number of likely N-dealkylation sites (N-methyl/N-ethyl adjacent to an activating group) is 1. The van der Waals surface area contributed by atoms with Crippen molar-refractivity contribution in [3.05, 3.63) is 29.8 Å². The maximum atomic E-state index is 11.6. The van der Waals surface area contributed by atoms with Gasteiger partial charge in [0.2, 0.25) is 0 Å². The summed E-state index contributed by atoms with van der Waals surface area (Å²) >= 11 is 0. The Bertz CT molecular complexity index is 372. The molecule has 1 aromatic rings. The lowest BCUT2D eigenvalue weighted by Gasteiger charge is -2.26. The molecule has 0 atom stereocenters. The molecule has 1 fully saturated rings. The van der Waals surface area contributed by atoms with E-state index in [-0.39, 0.29) is 5.78 Å². The van der Waals surface area contributed by atoms with Crippen molar-refractivity contribution in [1.82, 2.24) is 5.32 Å². The summed E-state index contributed by atoms with van der Waals surface area (Å²) in [5.41, 5.74) is 0.714. The van der Waals surface area contributed by atoms with E-state index in [2.05, 4.69) is 5.32 Å². The number of nitrogens with one attached hydrogen (secondary N) is 1. The van der Waals surface area contributed by atoms with Gasteiger partial charge in [-0.15, -0.1) is 0 Å². The predicted molar refractivity (Wildman–Crippen MR) is 63.0 cm³/mol. The van der Waals surface area contributed by atoms with Gasteiger partial charge in [-0.3, -0.25) is 4.79 Å². The number of carbonyl (C=O) groups excluding carboxylic acids is 1. The maximum Gasteiger partial charge on any atom is 0.176 e. The molecule has 0 heterocycles. The van der Waals surface area contributed by atoms with Crippen molar-refractivity contribution < 1.29 is 9.53 Å². The van der Waals surface area contributed by atoms with Crippen LogP contribution in [0.15, 0.2) is 24.3 Å². The lowest BCUT2D eigenvalue weighted by atomic mass is 9.96. The fraction of sp³-hybridized carbons (Fsp3) is 0.462. The second-order valence-corrected chi connectivity index (χ2v) is 4.15. The molecule has 1 aromatic carbocycles. The van der Waals surface area contributed by atoms with E-state index in [1.54, 1.807) is 7.05 Å². The van der Waals surface area contributed by atoms with Crippen molar-refractivity contribution in [3.8, 4) is 5.75 Å². The molecule has 1 N–H and O–H groups in total. The topological polar surface area (TPSA) is 38.3 Å². The fourth-order valence-corrected chi connectivity index (χ4v) is 1.69. The zero-order valence-electron chi connectivity index (χ0n) is 9.53. The van der Waals surface area contributed by atoms with Gasteiger partial charge in [-0.2, -0.15) is 0 Å². The van der Waals surface area contributed by atoms with E-state index in [0.717, 1.165) is 18.6 Å². The van der Waals surface area contributed by atoms with Gasteiger partial charge in [0.25, 0.3) is 0 Å². The average molecular weight is 219 g/mol. The number of ketones is 1. The number of Topliss-reactive ketones (excluding diaryl/α,β-unsaturated/α-hetero) is 1. The van der Waals surface area contributed by atoms with Gasteiger partial charge in [-0.25, -0.2) is 0 Å². The third-order valence-electron chi connectivity index (χ3n) is 2.85. The molecule has 0 bridgehead atoms. The highest BCUT2D eigenvalue weighted by Crippen LogP contribution is 2.25. The first kappa shape index (κ1) is 11.1. The second-order valence-electron chi connectivity index (χ2n) is 4.15. The Morgan fingerprint density at radius 3 is 2.94 bits per heavy atom. The standard InChI is InChI=1S/C13H17NO2/c1-14-9-13(15)10-4-2-7-12(8-10)16-11-5-3-6-11/h2,4,7-8,11,14H,3,5-6,9H2,1H3. The molecule has 0 radical (unpaired) electrons. The normalized spacial score (nSPS) is 15.6. The van der Waals surface area contributed by atoms with Gasteiger partial charge in [0.05, 0.1) is 12.6 Å². The van der Waals surface area contributed by atoms with E-state index in [1.807, 2.05) is 24.3 Å². The largest absolute Gasteiger partial charge is 0.490 e. The summed E-state index contributed by atoms with van der Waals surface area (Å²) in [6.45, 7) is 0.368. The monoisotopic (exact) mass is 219 g/mol. The molecule has 2 rings (SSSR count). The molecule has 0 aliphatic heterocycles. The predicted octanol–water partition coefficient (Wildman–Crippen LogP) is 2.02. The third-order valence-corrected chi connectivity index (χ3v) is 2.85. The Balaban J connectivity index is 2.03. The van der Waals surface area contributed by atoms with E-state index in [4.69, 9.17) is 4.74 Å². The molecule has 3 heteroatoms. The molecule has 1 saturated carbocycles. The third kappa shape index (κ3) is 2.61. The van der Waals surface area contributed by atoms with Gasteiger partial charge in [0.1, 0.15) is 5.75 Å². The lowest BCUT2D eigenvalue weighted by Crippen LogP contribution is -2.24. The maximum absolute atomic E-state index is 11.6. The van der Waals surface area contributed by atoms with E-state index < -0.39 is 0 Å². The van der Waals surface area contributed by atoms with Crippen LogP contribution in [0.3, 0.4) is 0 Å². The van der Waals surface area contributed by atoms with Gasteiger partial charge >= 0.3 is 0 Å². The number of ether oxygens (including phenoxy) is 1. The molecule has 1 aliphatic rings. The first-order valence-corrected chi connectivity index (χ1v) is 5.74. The highest BCUT2D eigenvalue weighted by molar-refractivity contribution is 5.97. The summed E-state index contributed by atoms with van der Waals surface area (Å²) in [6.07, 6.45) is 3.88. The van der Waals surface area contributed by atoms with Crippen LogP contribution in [0.4, 0.5) is 0 Å². The molecule has 86 valence electrons. The molecule has 0 spiro atoms. The van der Waals surface area contributed by atoms with Crippen LogP contribution in [0.5, 0.6) is 5.75 Å². The fourth-order valence-electron chi connectivity index (χ4n) is 1.69. The molecular formula is C13H17NO2. The molecule has 0 saturated heterocycles. The highest BCUT2D eigenvalue weighted by Gasteiger charge is 2.19. The van der Waals surface area contributed by atoms with Crippen LogP contribution in [0.1, 0.15) is 29.6 Å². The number of hydrogen-bond donors (Lipinski definition) is 1. The Morgan fingerprint density at radius 1 is 1.50 bits per heavy atom. The number of rotatable bonds is 5. The highest BCUT2D eigenvalue weighted by atomic mass is 16.5. The summed E-state index contributed by atoms with van der Waals surface area (Å²) in [4.78, 5) is 11.6. The summed E-state index contributed by atoms with van der Waals surface area (Å²) in [6, 6.07) is 7.44. The average Bonchev–Trinajstić information content (AvgIpc) is 2.24. The molecule has 0 unspecified atom stereocenters. The van der Waals surface area contributed by atoms with Crippen LogP contribution in [-0.4, -0.2) is 25.5 Å². The van der Waals surface area contributed by atoms with E-state index in [0.29, 0.717) is 18.2 Å². The van der Waals surface area contributed by atoms with Gasteiger partial charge < -0.3 is 10.1 Å². The van der Waals surface area contributed by atoms with Crippen molar-refractivity contribution in [2.45, 2.75) is 25.4 Å². The van der Waals surface area contributed by atoms with Crippen LogP contribution in [-0.2, 0) is 0 Å². The minimum Gasteiger partial charge on any atom is -0.490 e. The second kappa shape index (κ2) is 5.12. The molecule has 1 aliphatic carbocycles. The van der Waals surface area contributed by atoms with Gasteiger partial charge in [-0.05, 0) is 38.4 Å². The zero-order chi connectivity index (χ0) is 11.4. The Labute approximate surface area is 95.8 Å². The van der Waals surface area contributed by atoms with Crippen molar-refractivity contribution in [3.63, 3.8) is 0 Å². The summed E-state index contributed by atoms with van der Waals surface area (Å²) < 4.78 is 5.75. The summed E-state index contributed by atoms with van der Waals surface area (Å²) in [5.74, 6) is 0.910. The van der Waals surface area contributed by atoms with E-state index >= 15 is 0 Å². The van der Waals surface area contributed by atoms with Crippen LogP contribution in [0.2, 0.25) is 0 Å². The van der Waals surface area contributed by atoms with Gasteiger partial charge in [0.15, 0.2) is 5.78 Å². The van der Waals surface area contributed by atoms with Crippen molar-refractivity contribution in [1.29, 1.82) is 0 Å². The lowest BCUT2D eigenvalue weighted by molar-refractivity contribution is 0.0990. The Hall–Kier alpha value is -1.35. The van der Waals surface area contributed by atoms with Crippen molar-refractivity contribution >= 4 is 5.78 Å². The van der Waals surface area contributed by atoms with Gasteiger partial charge in [0, 0.05) is 5.56 Å². The van der Waals surface area contributed by atoms with Crippen molar-refractivity contribution in [2.24, 2.45) is 0 Å². The molecule has 16 heavy (non-hydrogen) atoms. The number of carbonyl (C=O) groups is 1. The van der Waals surface area contributed by atoms with Crippen molar-refractivity contribution in [2.75, 3.05) is 13.6 Å². The molecular weight excluding hydrogens is 202 g/mol. The SMILES string of the molecule is CNCC(=O)c1cccc(OC2CCC2)c1. The summed E-state index contributed by atoms with van der Waals surface area (Å²) in [7, 11) is 1.77. The summed E-state index contributed by atoms with van der Waals surface area (Å²) in [5, 5.41) is 2.86. The first-order valence-electron chi connectivity index (χ1n) is 5.74.